The number of aryl methyl sites for hydroxylation is 1. The third-order valence-corrected chi connectivity index (χ3v) is 2.16. The van der Waals surface area contributed by atoms with Gasteiger partial charge in [0.05, 0.1) is 0 Å². The fraction of sp³-hybridized carbons (Fsp3) is 0.182. The van der Waals surface area contributed by atoms with Crippen LogP contribution in [-0.2, 0) is 20.1 Å². The van der Waals surface area contributed by atoms with E-state index in [2.05, 4.69) is 49.0 Å². The molecule has 0 saturated heterocycles. The van der Waals surface area contributed by atoms with Crippen LogP contribution >= 0.6 is 0 Å². The van der Waals surface area contributed by atoms with Gasteiger partial charge in [-0.15, -0.1) is 0 Å². The summed E-state index contributed by atoms with van der Waals surface area (Å²) in [5.74, 6) is 0. The second-order valence-corrected chi connectivity index (χ2v) is 3.27. The van der Waals surface area contributed by atoms with E-state index in [1.807, 2.05) is 18.1 Å². The van der Waals surface area contributed by atoms with E-state index in [-0.39, 0.29) is 20.1 Å². The van der Waals surface area contributed by atoms with Crippen molar-refractivity contribution in [2.45, 2.75) is 6.92 Å². The van der Waals surface area contributed by atoms with Crippen LogP contribution in [0.25, 0.3) is 0 Å². The van der Waals surface area contributed by atoms with Crippen molar-refractivity contribution in [2.75, 3.05) is 11.9 Å². The smallest absolute Gasteiger partial charge is 0.0154 e. The van der Waals surface area contributed by atoms with Gasteiger partial charge in [-0.1, -0.05) is 18.2 Å². The summed E-state index contributed by atoms with van der Waals surface area (Å²) >= 11 is 0. The first-order chi connectivity index (χ1) is 6.27. The van der Waals surface area contributed by atoms with E-state index in [4.69, 9.17) is 0 Å². The summed E-state index contributed by atoms with van der Waals surface area (Å²) in [4.78, 5) is 4.15. The molecular formula is C11H13IrN2-. The van der Waals surface area contributed by atoms with Crippen LogP contribution in [0, 0.1) is 13.6 Å². The Bertz CT molecular complexity index is 336. The molecular weight excluding hydrogens is 352 g/mol. The Morgan fingerprint density at radius 2 is 1.86 bits per heavy atom. The molecule has 2 nitrogen and oxygen atoms in total. The van der Waals surface area contributed by atoms with E-state index < -0.39 is 0 Å². The molecule has 3 heteroatoms. The zero-order chi connectivity index (χ0) is 9.26. The maximum absolute atomic E-state index is 2.12. The van der Waals surface area contributed by atoms with E-state index in [0.29, 0.717) is 0 Å². The predicted octanol–water partition coefficient (Wildman–Crippen LogP) is 2.33. The first-order valence-corrected chi connectivity index (χ1v) is 4.36. The van der Waals surface area contributed by atoms with E-state index in [9.17, 15) is 0 Å². The second kappa shape index (κ2) is 4.63. The Labute approximate surface area is 98.6 Å². The largest absolute Gasteiger partial charge is 0.510 e. The Hall–Kier alpha value is -0.791. The molecule has 14 heavy (non-hydrogen) atoms. The molecule has 0 bridgehead atoms. The van der Waals surface area contributed by atoms with Crippen molar-refractivity contribution in [3.05, 3.63) is 48.9 Å². The van der Waals surface area contributed by atoms with Gasteiger partial charge in [-0.2, -0.15) is 6.67 Å². The number of nitrogens with zero attached hydrogens (tertiary/aromatic N) is 2. The molecule has 0 atom stereocenters. The SMILES string of the molecule is Cc1ccccc1N1C=CN(C)[CH-]1.[Ir]. The minimum absolute atomic E-state index is 0. The van der Waals surface area contributed by atoms with Crippen LogP contribution in [0.5, 0.6) is 0 Å². The summed E-state index contributed by atoms with van der Waals surface area (Å²) in [5, 5.41) is 0. The molecule has 1 heterocycles. The number of anilines is 1. The molecule has 1 aliphatic rings. The second-order valence-electron chi connectivity index (χ2n) is 3.27. The average Bonchev–Trinajstić information content (AvgIpc) is 2.53. The summed E-state index contributed by atoms with van der Waals surface area (Å²) < 4.78 is 0. The number of hydrogen-bond donors (Lipinski definition) is 0. The van der Waals surface area contributed by atoms with E-state index in [1.165, 1.54) is 11.3 Å². The van der Waals surface area contributed by atoms with Gasteiger partial charge in [0.25, 0.3) is 0 Å². The molecule has 0 saturated carbocycles. The van der Waals surface area contributed by atoms with Crippen molar-refractivity contribution in [1.82, 2.24) is 4.90 Å². The van der Waals surface area contributed by atoms with Gasteiger partial charge in [0.15, 0.2) is 0 Å². The van der Waals surface area contributed by atoms with Gasteiger partial charge < -0.3 is 9.80 Å². The van der Waals surface area contributed by atoms with Crippen molar-refractivity contribution in [1.29, 1.82) is 0 Å². The molecule has 2 rings (SSSR count). The Morgan fingerprint density at radius 3 is 2.43 bits per heavy atom. The summed E-state index contributed by atoms with van der Waals surface area (Å²) in [5.41, 5.74) is 2.53. The molecule has 77 valence electrons. The fourth-order valence-electron chi connectivity index (χ4n) is 1.45. The number of hydrogen-bond acceptors (Lipinski definition) is 2. The maximum Gasteiger partial charge on any atom is 0.0154 e. The molecule has 1 aliphatic heterocycles. The van der Waals surface area contributed by atoms with E-state index in [1.54, 1.807) is 0 Å². The van der Waals surface area contributed by atoms with Gasteiger partial charge >= 0.3 is 0 Å². The summed E-state index contributed by atoms with van der Waals surface area (Å²) in [6.45, 7) is 4.18. The quantitative estimate of drug-likeness (QED) is 0.705. The van der Waals surface area contributed by atoms with Crippen LogP contribution in [0.3, 0.4) is 0 Å². The Balaban J connectivity index is 0.000000980. The van der Waals surface area contributed by atoms with E-state index >= 15 is 0 Å². The van der Waals surface area contributed by atoms with Crippen molar-refractivity contribution >= 4 is 5.69 Å². The molecule has 1 radical (unpaired) electrons. The molecule has 1 aromatic rings. The first kappa shape index (κ1) is 11.3. The topological polar surface area (TPSA) is 6.48 Å². The number of benzene rings is 1. The summed E-state index contributed by atoms with van der Waals surface area (Å²) in [6.07, 6.45) is 4.09. The van der Waals surface area contributed by atoms with Crippen molar-refractivity contribution in [3.63, 3.8) is 0 Å². The molecule has 0 aromatic heterocycles. The zero-order valence-electron chi connectivity index (χ0n) is 8.27. The van der Waals surface area contributed by atoms with Crippen LogP contribution in [0.4, 0.5) is 5.69 Å². The van der Waals surface area contributed by atoms with E-state index in [0.717, 1.165) is 0 Å². The standard InChI is InChI=1S/C11H13N2.Ir/c1-10-5-3-4-6-11(10)13-8-7-12(2)9-13;/h3-9H,1-2H3;/q-1;. The van der Waals surface area contributed by atoms with Crippen molar-refractivity contribution in [3.8, 4) is 0 Å². The third-order valence-electron chi connectivity index (χ3n) is 2.16. The van der Waals surface area contributed by atoms with Crippen LogP contribution in [-0.4, -0.2) is 11.9 Å². The van der Waals surface area contributed by atoms with Crippen molar-refractivity contribution < 1.29 is 20.1 Å². The number of para-hydroxylation sites is 1. The molecule has 0 N–H and O–H groups in total. The maximum atomic E-state index is 2.12. The van der Waals surface area contributed by atoms with Crippen LogP contribution in [0.1, 0.15) is 5.56 Å². The Morgan fingerprint density at radius 1 is 1.14 bits per heavy atom. The van der Waals surface area contributed by atoms with Crippen LogP contribution in [0.2, 0.25) is 0 Å². The summed E-state index contributed by atoms with van der Waals surface area (Å²) in [6, 6.07) is 8.36. The molecule has 0 aliphatic carbocycles. The van der Waals surface area contributed by atoms with Crippen LogP contribution in [0.15, 0.2) is 36.7 Å². The van der Waals surface area contributed by atoms with Gasteiger partial charge in [0.2, 0.25) is 0 Å². The minimum Gasteiger partial charge on any atom is -0.510 e. The first-order valence-electron chi connectivity index (χ1n) is 4.36. The fourth-order valence-corrected chi connectivity index (χ4v) is 1.45. The zero-order valence-corrected chi connectivity index (χ0v) is 10.7. The number of rotatable bonds is 1. The molecule has 0 amide bonds. The van der Waals surface area contributed by atoms with Gasteiger partial charge in [-0.25, -0.2) is 0 Å². The normalized spacial score (nSPS) is 14.4. The monoisotopic (exact) mass is 366 g/mol. The Kier molecular flexibility index (Phi) is 3.73. The van der Waals surface area contributed by atoms with Gasteiger partial charge in [-0.3, -0.25) is 0 Å². The predicted molar refractivity (Wildman–Crippen MR) is 54.9 cm³/mol. The van der Waals surface area contributed by atoms with Gasteiger partial charge in [0.1, 0.15) is 0 Å². The third kappa shape index (κ3) is 2.17. The summed E-state index contributed by atoms with van der Waals surface area (Å²) in [7, 11) is 2.02. The molecule has 0 unspecified atom stereocenters. The van der Waals surface area contributed by atoms with Crippen LogP contribution < -0.4 is 4.90 Å². The molecule has 0 spiro atoms. The van der Waals surface area contributed by atoms with Gasteiger partial charge in [0, 0.05) is 25.8 Å². The molecule has 1 aromatic carbocycles. The molecule has 0 fully saturated rings. The average molecular weight is 365 g/mol. The van der Waals surface area contributed by atoms with Gasteiger partial charge in [-0.05, 0) is 38.0 Å². The minimum atomic E-state index is 0. The van der Waals surface area contributed by atoms with Crippen molar-refractivity contribution in [2.24, 2.45) is 0 Å².